The minimum absolute atomic E-state index is 0.0240. The SMILES string of the molecule is CC(C)(C)c1noc(C(=O)NCc2ccc(-c3ccnc4c3CC(=O)N4)cc2C2CC2)n1. The molecule has 1 saturated carbocycles. The van der Waals surface area contributed by atoms with Crippen molar-refractivity contribution in [2.75, 3.05) is 5.32 Å². The Hall–Kier alpha value is -3.55. The second-order valence-corrected chi connectivity index (χ2v) is 9.45. The summed E-state index contributed by atoms with van der Waals surface area (Å²) in [6.45, 7) is 6.28. The fraction of sp³-hybridized carbons (Fsp3) is 0.375. The smallest absolute Gasteiger partial charge is 0.315 e. The minimum atomic E-state index is -0.379. The van der Waals surface area contributed by atoms with Gasteiger partial charge in [0.25, 0.3) is 0 Å². The van der Waals surface area contributed by atoms with Crippen LogP contribution in [0.4, 0.5) is 5.82 Å². The molecular weight excluding hydrogens is 406 g/mol. The predicted molar refractivity (Wildman–Crippen MR) is 118 cm³/mol. The topological polar surface area (TPSA) is 110 Å². The Balaban J connectivity index is 1.37. The molecule has 2 aromatic heterocycles. The minimum Gasteiger partial charge on any atom is -0.344 e. The van der Waals surface area contributed by atoms with Crippen LogP contribution in [0.25, 0.3) is 11.1 Å². The van der Waals surface area contributed by atoms with Gasteiger partial charge in [-0.05, 0) is 47.1 Å². The van der Waals surface area contributed by atoms with Gasteiger partial charge < -0.3 is 15.2 Å². The highest BCUT2D eigenvalue weighted by Crippen LogP contribution is 2.43. The molecule has 2 amide bonds. The summed E-state index contributed by atoms with van der Waals surface area (Å²) in [5.74, 6) is 1.21. The molecule has 0 spiro atoms. The van der Waals surface area contributed by atoms with E-state index in [-0.39, 0.29) is 23.1 Å². The average Bonchev–Trinajstić information content (AvgIpc) is 3.32. The Morgan fingerprint density at radius 3 is 2.78 bits per heavy atom. The number of benzene rings is 1. The quantitative estimate of drug-likeness (QED) is 0.637. The van der Waals surface area contributed by atoms with Gasteiger partial charge in [-0.25, -0.2) is 4.98 Å². The van der Waals surface area contributed by atoms with Crippen molar-refractivity contribution in [3.05, 3.63) is 58.9 Å². The number of hydrogen-bond donors (Lipinski definition) is 2. The van der Waals surface area contributed by atoms with Gasteiger partial charge in [0.1, 0.15) is 5.82 Å². The van der Waals surface area contributed by atoms with Crippen molar-refractivity contribution in [1.29, 1.82) is 0 Å². The Bertz CT molecular complexity index is 1220. The summed E-state index contributed by atoms with van der Waals surface area (Å²) < 4.78 is 5.15. The number of fused-ring (bicyclic) bond motifs is 1. The third-order valence-electron chi connectivity index (χ3n) is 5.86. The van der Waals surface area contributed by atoms with Crippen LogP contribution < -0.4 is 10.6 Å². The summed E-state index contributed by atoms with van der Waals surface area (Å²) in [6.07, 6.45) is 4.34. The average molecular weight is 431 g/mol. The van der Waals surface area contributed by atoms with Crippen LogP contribution in [0, 0.1) is 0 Å². The van der Waals surface area contributed by atoms with Gasteiger partial charge in [-0.2, -0.15) is 4.98 Å². The standard InChI is InChI=1S/C24H25N5O3/c1-24(2,3)23-28-22(32-29-23)21(31)26-12-15-7-6-14(10-17(15)13-4-5-13)16-8-9-25-20-18(16)11-19(30)27-20/h6-10,13H,4-5,11-12H2,1-3H3,(H,26,31)(H,25,27,30). The first kappa shape index (κ1) is 20.4. The van der Waals surface area contributed by atoms with E-state index in [2.05, 4.69) is 37.9 Å². The van der Waals surface area contributed by atoms with Gasteiger partial charge in [0.15, 0.2) is 5.82 Å². The molecule has 2 N–H and O–H groups in total. The van der Waals surface area contributed by atoms with Gasteiger partial charge in [0.05, 0.1) is 6.42 Å². The zero-order chi connectivity index (χ0) is 22.5. The number of carbonyl (C=O) groups excluding carboxylic acids is 2. The highest BCUT2D eigenvalue weighted by molar-refractivity contribution is 6.00. The lowest BCUT2D eigenvalue weighted by Crippen LogP contribution is -2.24. The highest BCUT2D eigenvalue weighted by Gasteiger charge is 2.29. The van der Waals surface area contributed by atoms with Gasteiger partial charge >= 0.3 is 11.8 Å². The lowest BCUT2D eigenvalue weighted by molar-refractivity contribution is -0.115. The van der Waals surface area contributed by atoms with Crippen molar-refractivity contribution < 1.29 is 14.1 Å². The zero-order valence-corrected chi connectivity index (χ0v) is 18.4. The first-order valence-electron chi connectivity index (χ1n) is 10.8. The monoisotopic (exact) mass is 431 g/mol. The fourth-order valence-electron chi connectivity index (χ4n) is 3.96. The number of hydrogen-bond acceptors (Lipinski definition) is 6. The maximum absolute atomic E-state index is 12.5. The molecule has 8 nitrogen and oxygen atoms in total. The normalized spacial score (nSPS) is 15.4. The summed E-state index contributed by atoms with van der Waals surface area (Å²) in [7, 11) is 0. The number of amides is 2. The van der Waals surface area contributed by atoms with Crippen LogP contribution >= 0.6 is 0 Å². The summed E-state index contributed by atoms with van der Waals surface area (Å²) in [6, 6.07) is 8.22. The lowest BCUT2D eigenvalue weighted by Gasteiger charge is -2.13. The highest BCUT2D eigenvalue weighted by atomic mass is 16.5. The largest absolute Gasteiger partial charge is 0.344 e. The first-order valence-corrected chi connectivity index (χ1v) is 10.8. The molecule has 0 unspecified atom stereocenters. The molecule has 1 aliphatic carbocycles. The third-order valence-corrected chi connectivity index (χ3v) is 5.86. The zero-order valence-electron chi connectivity index (χ0n) is 18.4. The Morgan fingerprint density at radius 1 is 1.25 bits per heavy atom. The van der Waals surface area contributed by atoms with Crippen molar-refractivity contribution in [2.45, 2.75) is 57.9 Å². The summed E-state index contributed by atoms with van der Waals surface area (Å²) >= 11 is 0. The predicted octanol–water partition coefficient (Wildman–Crippen LogP) is 3.73. The molecule has 0 radical (unpaired) electrons. The first-order chi connectivity index (χ1) is 15.3. The van der Waals surface area contributed by atoms with Crippen molar-refractivity contribution in [1.82, 2.24) is 20.4 Å². The molecular formula is C24H25N5O3. The van der Waals surface area contributed by atoms with Gasteiger partial charge in [-0.15, -0.1) is 0 Å². The van der Waals surface area contributed by atoms with Crippen LogP contribution in [0.1, 0.15) is 72.7 Å². The number of pyridine rings is 1. The molecule has 3 aromatic rings. The van der Waals surface area contributed by atoms with Crippen LogP contribution in [-0.2, 0) is 23.2 Å². The number of nitrogens with zero attached hydrogens (tertiary/aromatic N) is 3. The van der Waals surface area contributed by atoms with Crippen LogP contribution in [-0.4, -0.2) is 26.9 Å². The maximum atomic E-state index is 12.5. The van der Waals surface area contributed by atoms with Gasteiger partial charge in [0, 0.05) is 23.7 Å². The molecule has 0 bridgehead atoms. The second kappa shape index (κ2) is 7.55. The van der Waals surface area contributed by atoms with Crippen LogP contribution in [0.2, 0.25) is 0 Å². The number of nitrogens with one attached hydrogen (secondary N) is 2. The van der Waals surface area contributed by atoms with E-state index in [1.807, 2.05) is 32.9 Å². The van der Waals surface area contributed by atoms with Gasteiger partial charge in [0.2, 0.25) is 5.91 Å². The molecule has 1 aromatic carbocycles. The van der Waals surface area contributed by atoms with E-state index in [4.69, 9.17) is 4.52 Å². The van der Waals surface area contributed by atoms with Crippen LogP contribution in [0.5, 0.6) is 0 Å². The van der Waals surface area contributed by atoms with E-state index in [9.17, 15) is 9.59 Å². The Labute approximate surface area is 185 Å². The number of aromatic nitrogens is 3. The van der Waals surface area contributed by atoms with E-state index in [1.54, 1.807) is 6.20 Å². The Morgan fingerprint density at radius 2 is 2.06 bits per heavy atom. The van der Waals surface area contributed by atoms with Crippen molar-refractivity contribution in [3.63, 3.8) is 0 Å². The van der Waals surface area contributed by atoms with E-state index in [1.165, 1.54) is 5.56 Å². The molecule has 0 saturated heterocycles. The van der Waals surface area contributed by atoms with E-state index in [0.29, 0.717) is 30.5 Å². The van der Waals surface area contributed by atoms with Crippen LogP contribution in [0.3, 0.4) is 0 Å². The third kappa shape index (κ3) is 3.88. The molecule has 32 heavy (non-hydrogen) atoms. The Kier molecular flexibility index (Phi) is 4.80. The van der Waals surface area contributed by atoms with E-state index < -0.39 is 0 Å². The number of anilines is 1. The lowest BCUT2D eigenvalue weighted by atomic mass is 9.94. The van der Waals surface area contributed by atoms with Crippen LogP contribution in [0.15, 0.2) is 35.0 Å². The summed E-state index contributed by atoms with van der Waals surface area (Å²) in [4.78, 5) is 32.9. The van der Waals surface area contributed by atoms with Crippen molar-refractivity contribution in [2.24, 2.45) is 0 Å². The fourth-order valence-corrected chi connectivity index (χ4v) is 3.96. The molecule has 3 heterocycles. The molecule has 1 fully saturated rings. The van der Waals surface area contributed by atoms with Gasteiger partial charge in [-0.1, -0.05) is 44.1 Å². The van der Waals surface area contributed by atoms with Gasteiger partial charge in [-0.3, -0.25) is 9.59 Å². The molecule has 2 aliphatic rings. The molecule has 0 atom stereocenters. The molecule has 8 heteroatoms. The summed E-state index contributed by atoms with van der Waals surface area (Å²) in [5.41, 5.74) is 5.03. The van der Waals surface area contributed by atoms with E-state index in [0.717, 1.165) is 35.1 Å². The molecule has 1 aliphatic heterocycles. The number of rotatable bonds is 5. The molecule has 5 rings (SSSR count). The summed E-state index contributed by atoms with van der Waals surface area (Å²) in [5, 5.41) is 9.64. The molecule has 164 valence electrons. The maximum Gasteiger partial charge on any atom is 0.315 e. The van der Waals surface area contributed by atoms with Crippen molar-refractivity contribution >= 4 is 17.6 Å². The second-order valence-electron chi connectivity index (χ2n) is 9.45. The number of carbonyl (C=O) groups is 2. The van der Waals surface area contributed by atoms with E-state index >= 15 is 0 Å². The van der Waals surface area contributed by atoms with Crippen molar-refractivity contribution in [3.8, 4) is 11.1 Å².